The van der Waals surface area contributed by atoms with E-state index in [1.807, 2.05) is 0 Å². The Kier molecular flexibility index (Phi) is 30.2. The van der Waals surface area contributed by atoms with Crippen LogP contribution in [0.5, 0.6) is 5.75 Å². The Morgan fingerprint density at radius 2 is 1.32 bits per heavy atom. The molecule has 1 aliphatic carbocycles. The zero-order valence-electron chi connectivity index (χ0n) is 57.3. The van der Waals surface area contributed by atoms with E-state index < -0.39 is 186 Å². The highest BCUT2D eigenvalue weighted by molar-refractivity contribution is 8.76. The van der Waals surface area contributed by atoms with E-state index in [-0.39, 0.29) is 96.3 Å². The number of nitrogens with two attached hydrogens (primary N) is 1. The summed E-state index contributed by atoms with van der Waals surface area (Å²) in [6.07, 6.45) is -2.17. The zero-order valence-corrected chi connectivity index (χ0v) is 59.0. The molecule has 3 aromatic carbocycles. The third-order valence-corrected chi connectivity index (χ3v) is 20.7. The molecule has 1 aromatic heterocycles. The summed E-state index contributed by atoms with van der Waals surface area (Å²) in [7, 11) is 1.64. The first-order valence-electron chi connectivity index (χ1n) is 33.8. The minimum atomic E-state index is -1.94. The molecule has 36 heteroatoms. The minimum Gasteiger partial charge on any atom is -0.508 e. The van der Waals surface area contributed by atoms with Crippen molar-refractivity contribution in [3.05, 3.63) is 102 Å². The number of aliphatic hydroxyl groups is 2. The van der Waals surface area contributed by atoms with Gasteiger partial charge in [-0.05, 0) is 93.8 Å². The molecule has 7 rings (SSSR count). The number of carbonyl (C=O) groups is 13. The van der Waals surface area contributed by atoms with Crippen molar-refractivity contribution in [3.63, 3.8) is 0 Å². The fourth-order valence-electron chi connectivity index (χ4n) is 12.9. The molecule has 2 saturated heterocycles. The van der Waals surface area contributed by atoms with Gasteiger partial charge in [0.2, 0.25) is 47.3 Å². The van der Waals surface area contributed by atoms with E-state index in [4.69, 9.17) is 5.73 Å². The number of aromatic amines is 1. The van der Waals surface area contributed by atoms with Crippen molar-refractivity contribution in [1.82, 2.24) is 62.2 Å². The number of phenolic OH excluding ortho intramolecular Hbond substituents is 1. The maximum atomic E-state index is 15.5. The van der Waals surface area contributed by atoms with Crippen LogP contribution in [0.15, 0.2) is 85.1 Å². The summed E-state index contributed by atoms with van der Waals surface area (Å²) >= 11 is 0. The fourth-order valence-corrected chi connectivity index (χ4v) is 15.2. The molecule has 1 spiro atoms. The lowest BCUT2D eigenvalue weighted by atomic mass is 9.88. The number of hydrogen-bond donors (Lipinski definition) is 18. The van der Waals surface area contributed by atoms with Crippen molar-refractivity contribution in [2.75, 3.05) is 70.4 Å². The summed E-state index contributed by atoms with van der Waals surface area (Å²) in [6.45, 7) is -0.710. The van der Waals surface area contributed by atoms with Crippen molar-refractivity contribution in [2.24, 2.45) is 5.73 Å². The molecule has 104 heavy (non-hydrogen) atoms. The van der Waals surface area contributed by atoms with E-state index in [1.54, 1.807) is 60.8 Å². The van der Waals surface area contributed by atoms with Crippen LogP contribution < -0.4 is 48.3 Å². The van der Waals surface area contributed by atoms with E-state index in [9.17, 15) is 84.0 Å². The van der Waals surface area contributed by atoms with Gasteiger partial charge >= 0.3 is 29.8 Å². The van der Waals surface area contributed by atoms with Gasteiger partial charge in [-0.15, -0.1) is 0 Å². The van der Waals surface area contributed by atoms with Gasteiger partial charge in [0, 0.05) is 85.5 Å². The number of fused-ring (bicyclic) bond motifs is 1. The van der Waals surface area contributed by atoms with Crippen molar-refractivity contribution < 1.29 is 103 Å². The summed E-state index contributed by atoms with van der Waals surface area (Å²) in [5.41, 5.74) is 4.56. The molecule has 2 aliphatic heterocycles. The Labute approximate surface area is 605 Å². The summed E-state index contributed by atoms with van der Waals surface area (Å²) in [5.74, 6) is -16.8. The van der Waals surface area contributed by atoms with Crippen LogP contribution in [-0.4, -0.2) is 274 Å². The smallest absolute Gasteiger partial charge is 0.328 e. The number of carbonyl (C=O) groups excluding carboxylic acids is 8. The van der Waals surface area contributed by atoms with Gasteiger partial charge in [0.1, 0.15) is 47.5 Å². The zero-order chi connectivity index (χ0) is 76.0. The number of H-pyrrole nitrogens is 1. The standard InChI is InChI=1S/C68H91N13O21S2/c1-38(82)57-64(99)74-50(62(97)77-58(39(2)83)65(100)101)34-103-104-35-51(63(98)78-68(28-45(68)41-18-20-43(84)21-19-41)66(102)75-49(27-42-29-70-46-15-7-6-14-44(42)46)61(96)72-47(59(94)76-57)16-9-11-23-69)73-60(95)48(26-40-12-4-3-5-13-40)71-52(85)17-8-10-22-67(81(32-55(90)91)33-56(92)93)36-79(30-53(86)87)24-25-80(37-67)31-54(88)89/h3-7,12-15,18-21,29,38-39,45,47-51,57-58,70,82-84H,8-11,16-17,22-28,30-37,69H2,1-2H3,(H,71,85)(H,72,96)(H,73,95)(H,74,99)(H,75,102)(H,76,94)(H,77,97)(H,78,98)(H,86,87)(H,88,89)(H,90,91)(H,92,93)(H,100,101)/t38?,39?,45?,47-,48+,49?,50-,51?,57-,58-,68?/m0/s1. The number of carboxylic acid groups (broad SMARTS) is 5. The second kappa shape index (κ2) is 38.4. The highest BCUT2D eigenvalue weighted by Crippen LogP contribution is 2.52. The number of para-hydroxylation sites is 1. The van der Waals surface area contributed by atoms with Crippen LogP contribution in [-0.2, 0) is 75.2 Å². The Bertz CT molecular complexity index is 3680. The van der Waals surface area contributed by atoms with Crippen LogP contribution in [0.3, 0.4) is 0 Å². The van der Waals surface area contributed by atoms with E-state index in [2.05, 4.69) is 47.5 Å². The molecular formula is C68H91N13O21S2. The van der Waals surface area contributed by atoms with Crippen molar-refractivity contribution in [3.8, 4) is 5.75 Å². The van der Waals surface area contributed by atoms with Gasteiger partial charge in [-0.3, -0.25) is 72.2 Å². The second-order valence-corrected chi connectivity index (χ2v) is 28.9. The van der Waals surface area contributed by atoms with Crippen LogP contribution in [0.1, 0.15) is 87.8 Å². The molecule has 4 aromatic rings. The topological polar surface area (TPSA) is 532 Å². The van der Waals surface area contributed by atoms with Gasteiger partial charge in [-0.1, -0.05) is 88.7 Å². The van der Waals surface area contributed by atoms with Gasteiger partial charge in [0.25, 0.3) is 0 Å². The number of rotatable bonds is 31. The summed E-state index contributed by atoms with van der Waals surface area (Å²) in [5, 5.41) is 103. The highest BCUT2D eigenvalue weighted by Gasteiger charge is 2.62. The number of benzene rings is 3. The molecule has 0 bridgehead atoms. The average Bonchev–Trinajstić information content (AvgIpc) is 1.56. The number of phenols is 1. The molecule has 19 N–H and O–H groups in total. The summed E-state index contributed by atoms with van der Waals surface area (Å²) in [4.78, 5) is 187. The van der Waals surface area contributed by atoms with Gasteiger partial charge < -0.3 is 94.1 Å². The van der Waals surface area contributed by atoms with E-state index in [0.717, 1.165) is 40.3 Å². The van der Waals surface area contributed by atoms with Crippen LogP contribution in [0.4, 0.5) is 0 Å². The molecule has 566 valence electrons. The maximum Gasteiger partial charge on any atom is 0.328 e. The number of unbranched alkanes of at least 4 members (excludes halogenated alkanes) is 2. The third kappa shape index (κ3) is 23.5. The Hall–Kier alpha value is -9.43. The number of aromatic nitrogens is 1. The number of carboxylic acids is 5. The minimum absolute atomic E-state index is 0.00616. The fraction of sp³-hybridized carbons (Fsp3) is 0.515. The lowest BCUT2D eigenvalue weighted by Gasteiger charge is -2.45. The number of amides is 8. The largest absolute Gasteiger partial charge is 0.508 e. The van der Waals surface area contributed by atoms with Crippen LogP contribution >= 0.6 is 21.6 Å². The number of aromatic hydroxyl groups is 1. The Morgan fingerprint density at radius 1 is 0.692 bits per heavy atom. The van der Waals surface area contributed by atoms with Crippen molar-refractivity contribution in [2.45, 2.75) is 150 Å². The SMILES string of the molecule is CC(O)[C@H](NC(=O)[C@@H]1CSSCC(NC(=O)[C@@H](Cc2ccccc2)NC(=O)CCCCC2(N(CC(=O)O)CC(=O)O)CN(CC(=O)O)CCN(CC(=O)O)C2)C(=O)NC2(CC2c2ccc(O)cc2)C(=O)NC(Cc2c[nH]c3ccccc23)C(=O)N[C@@H](CCCCN)C(=O)N[C@@H](C(C)O)C(=O)N1)C(=O)O. The summed E-state index contributed by atoms with van der Waals surface area (Å²) < 4.78 is 0. The van der Waals surface area contributed by atoms with E-state index >= 15 is 19.2 Å². The highest BCUT2D eigenvalue weighted by atomic mass is 33.1. The first kappa shape index (κ1) is 81.9. The van der Waals surface area contributed by atoms with Gasteiger partial charge in [-0.2, -0.15) is 0 Å². The number of hydrogen-bond acceptors (Lipinski definition) is 22. The van der Waals surface area contributed by atoms with E-state index in [1.165, 1.54) is 34.1 Å². The van der Waals surface area contributed by atoms with Gasteiger partial charge in [0.15, 0.2) is 6.04 Å². The van der Waals surface area contributed by atoms with Gasteiger partial charge in [-0.25, -0.2) is 4.79 Å². The number of nitrogens with one attached hydrogen (secondary N) is 9. The molecular weight excluding hydrogens is 1400 g/mol. The first-order valence-corrected chi connectivity index (χ1v) is 36.3. The molecule has 3 aliphatic rings. The maximum absolute atomic E-state index is 15.5. The Balaban J connectivity index is 1.26. The lowest BCUT2D eigenvalue weighted by molar-refractivity contribution is -0.148. The van der Waals surface area contributed by atoms with Crippen molar-refractivity contribution >= 4 is 110 Å². The quantitative estimate of drug-likeness (QED) is 0.0192. The van der Waals surface area contributed by atoms with Crippen LogP contribution in [0, 0.1) is 0 Å². The van der Waals surface area contributed by atoms with Crippen molar-refractivity contribution in [1.29, 1.82) is 0 Å². The predicted molar refractivity (Wildman–Crippen MR) is 377 cm³/mol. The lowest BCUT2D eigenvalue weighted by Crippen LogP contribution is -2.63. The number of aliphatic carboxylic acids is 5. The monoisotopic (exact) mass is 1490 g/mol. The van der Waals surface area contributed by atoms with Crippen LogP contribution in [0.25, 0.3) is 10.9 Å². The molecule has 3 heterocycles. The van der Waals surface area contributed by atoms with Crippen LogP contribution in [0.2, 0.25) is 0 Å². The second-order valence-electron chi connectivity index (χ2n) is 26.3. The molecule has 11 atom stereocenters. The number of aliphatic hydroxyl groups excluding tert-OH is 2. The Morgan fingerprint density at radius 3 is 1.92 bits per heavy atom. The molecule has 34 nitrogen and oxygen atoms in total. The average molecular weight is 1490 g/mol. The van der Waals surface area contributed by atoms with Gasteiger partial charge in [0.05, 0.1) is 38.4 Å². The third-order valence-electron chi connectivity index (χ3n) is 18.3. The molecule has 0 radical (unpaired) electrons. The molecule has 6 unspecified atom stereocenters. The summed E-state index contributed by atoms with van der Waals surface area (Å²) in [6, 6.07) is 9.49. The molecule has 8 amide bonds. The predicted octanol–water partition coefficient (Wildman–Crippen LogP) is -1.98. The molecule has 3 fully saturated rings. The van der Waals surface area contributed by atoms with E-state index in [0.29, 0.717) is 34.0 Å². The first-order chi connectivity index (χ1) is 49.4. The normalized spacial score (nSPS) is 22.9. The number of nitrogens with zero attached hydrogens (tertiary/aromatic N) is 3. The molecule has 1 saturated carbocycles.